The molecule has 1 N–H and O–H groups in total. The van der Waals surface area contributed by atoms with Crippen molar-refractivity contribution in [1.82, 2.24) is 10.2 Å². The van der Waals surface area contributed by atoms with Gasteiger partial charge in [0.15, 0.2) is 11.5 Å². The number of ether oxygens (including phenoxy) is 2. The van der Waals surface area contributed by atoms with Crippen LogP contribution in [0, 0.1) is 0 Å². The van der Waals surface area contributed by atoms with Crippen molar-refractivity contribution < 1.29 is 14.3 Å². The van der Waals surface area contributed by atoms with Gasteiger partial charge >= 0.3 is 0 Å². The molecule has 7 heteroatoms. The van der Waals surface area contributed by atoms with E-state index in [0.29, 0.717) is 22.5 Å². The van der Waals surface area contributed by atoms with Crippen LogP contribution in [0.4, 0.5) is 5.13 Å². The van der Waals surface area contributed by atoms with E-state index in [1.54, 1.807) is 32.4 Å². The fraction of sp³-hybridized carbons (Fsp3) is 0.227. The van der Waals surface area contributed by atoms with E-state index in [9.17, 15) is 4.79 Å². The molecule has 150 valence electrons. The molecular weight excluding hydrogens is 386 g/mol. The van der Waals surface area contributed by atoms with Crippen LogP contribution in [0.1, 0.15) is 29.0 Å². The summed E-state index contributed by atoms with van der Waals surface area (Å²) in [5.41, 5.74) is 2.08. The van der Waals surface area contributed by atoms with Crippen LogP contribution in [0.15, 0.2) is 54.6 Å². The summed E-state index contributed by atoms with van der Waals surface area (Å²) in [6.45, 7) is 2.15. The van der Waals surface area contributed by atoms with Gasteiger partial charge in [0, 0.05) is 12.5 Å². The highest BCUT2D eigenvalue weighted by atomic mass is 32.1. The number of carbonyl (C=O) groups excluding carboxylic acids is 1. The first-order valence-electron chi connectivity index (χ1n) is 9.17. The molecule has 1 atom stereocenters. The SMILES string of the molecule is COc1ccc(/C=C/C(=O)Nc2nnc(CC(C)c3ccccc3)s2)cc1OC. The van der Waals surface area contributed by atoms with E-state index in [1.165, 1.54) is 23.0 Å². The van der Waals surface area contributed by atoms with Gasteiger partial charge in [0.1, 0.15) is 5.01 Å². The van der Waals surface area contributed by atoms with Crippen molar-refractivity contribution in [3.63, 3.8) is 0 Å². The number of hydrogen-bond donors (Lipinski definition) is 1. The van der Waals surface area contributed by atoms with Crippen LogP contribution in [0.25, 0.3) is 6.08 Å². The number of hydrogen-bond acceptors (Lipinski definition) is 6. The van der Waals surface area contributed by atoms with Gasteiger partial charge in [-0.1, -0.05) is 54.7 Å². The van der Waals surface area contributed by atoms with E-state index < -0.39 is 0 Å². The number of nitrogens with one attached hydrogen (secondary N) is 1. The van der Waals surface area contributed by atoms with Gasteiger partial charge in [0.2, 0.25) is 11.0 Å². The molecule has 1 amide bonds. The summed E-state index contributed by atoms with van der Waals surface area (Å²) >= 11 is 1.39. The Morgan fingerprint density at radius 2 is 1.86 bits per heavy atom. The van der Waals surface area contributed by atoms with Gasteiger partial charge in [-0.3, -0.25) is 10.1 Å². The second kappa shape index (κ2) is 9.84. The van der Waals surface area contributed by atoms with E-state index in [1.807, 2.05) is 24.3 Å². The Kier molecular flexibility index (Phi) is 6.97. The molecule has 0 aliphatic rings. The number of nitrogens with zero attached hydrogens (tertiary/aromatic N) is 2. The molecule has 1 unspecified atom stereocenters. The molecule has 0 saturated carbocycles. The zero-order valence-corrected chi connectivity index (χ0v) is 17.4. The molecule has 29 heavy (non-hydrogen) atoms. The van der Waals surface area contributed by atoms with Gasteiger partial charge in [-0.2, -0.15) is 0 Å². The van der Waals surface area contributed by atoms with Crippen LogP contribution < -0.4 is 14.8 Å². The molecule has 0 fully saturated rings. The van der Waals surface area contributed by atoms with E-state index >= 15 is 0 Å². The molecule has 3 aromatic rings. The third-order valence-corrected chi connectivity index (χ3v) is 5.24. The zero-order valence-electron chi connectivity index (χ0n) is 16.6. The Bertz CT molecular complexity index is 986. The lowest BCUT2D eigenvalue weighted by Crippen LogP contribution is -2.07. The first-order valence-corrected chi connectivity index (χ1v) is 9.99. The largest absolute Gasteiger partial charge is 0.493 e. The van der Waals surface area contributed by atoms with Crippen LogP contribution >= 0.6 is 11.3 Å². The van der Waals surface area contributed by atoms with Crippen molar-refractivity contribution in [2.75, 3.05) is 19.5 Å². The lowest BCUT2D eigenvalue weighted by atomic mass is 9.98. The van der Waals surface area contributed by atoms with E-state index in [4.69, 9.17) is 9.47 Å². The van der Waals surface area contributed by atoms with Crippen molar-refractivity contribution >= 4 is 28.5 Å². The Hall–Kier alpha value is -3.19. The highest BCUT2D eigenvalue weighted by Gasteiger charge is 2.12. The third-order valence-electron chi connectivity index (χ3n) is 4.38. The minimum absolute atomic E-state index is 0.265. The summed E-state index contributed by atoms with van der Waals surface area (Å²) in [5.74, 6) is 1.31. The van der Waals surface area contributed by atoms with Gasteiger partial charge in [0.25, 0.3) is 0 Å². The second-order valence-corrected chi connectivity index (χ2v) is 7.52. The fourth-order valence-corrected chi connectivity index (χ4v) is 3.69. The van der Waals surface area contributed by atoms with Gasteiger partial charge in [-0.15, -0.1) is 10.2 Å². The van der Waals surface area contributed by atoms with E-state index in [-0.39, 0.29) is 5.91 Å². The van der Waals surface area contributed by atoms with Crippen LogP contribution in [-0.2, 0) is 11.2 Å². The Morgan fingerprint density at radius 3 is 2.59 bits per heavy atom. The number of methoxy groups -OCH3 is 2. The van der Waals surface area contributed by atoms with Crippen molar-refractivity contribution in [3.8, 4) is 11.5 Å². The minimum atomic E-state index is -0.265. The monoisotopic (exact) mass is 409 g/mol. The summed E-state index contributed by atoms with van der Waals surface area (Å²) < 4.78 is 10.5. The van der Waals surface area contributed by atoms with Crippen LogP contribution in [0.5, 0.6) is 11.5 Å². The molecule has 0 radical (unpaired) electrons. The molecule has 0 spiro atoms. The summed E-state index contributed by atoms with van der Waals surface area (Å²) in [6.07, 6.45) is 3.94. The molecule has 0 saturated heterocycles. The topological polar surface area (TPSA) is 73.3 Å². The molecule has 6 nitrogen and oxygen atoms in total. The van der Waals surface area contributed by atoms with Crippen LogP contribution in [0.2, 0.25) is 0 Å². The molecule has 2 aromatic carbocycles. The molecule has 0 aliphatic heterocycles. The quantitative estimate of drug-likeness (QED) is 0.553. The molecular formula is C22H23N3O3S. The normalized spacial score (nSPS) is 12.0. The maximum Gasteiger partial charge on any atom is 0.250 e. The third kappa shape index (κ3) is 5.65. The minimum Gasteiger partial charge on any atom is -0.493 e. The lowest BCUT2D eigenvalue weighted by Gasteiger charge is -2.08. The molecule has 3 rings (SSSR count). The second-order valence-electron chi connectivity index (χ2n) is 6.45. The maximum absolute atomic E-state index is 12.2. The molecule has 0 bridgehead atoms. The van der Waals surface area contributed by atoms with Gasteiger partial charge in [-0.25, -0.2) is 0 Å². The van der Waals surface area contributed by atoms with Crippen molar-refractivity contribution in [2.45, 2.75) is 19.3 Å². The molecule has 1 aromatic heterocycles. The maximum atomic E-state index is 12.2. The first kappa shape index (κ1) is 20.5. The number of anilines is 1. The van der Waals surface area contributed by atoms with Crippen molar-refractivity contribution in [2.24, 2.45) is 0 Å². The summed E-state index contributed by atoms with van der Waals surface area (Å²) in [4.78, 5) is 12.2. The predicted octanol–water partition coefficient (Wildman–Crippen LogP) is 4.55. The van der Waals surface area contributed by atoms with Gasteiger partial charge < -0.3 is 9.47 Å². The fourth-order valence-electron chi connectivity index (χ4n) is 2.82. The summed E-state index contributed by atoms with van der Waals surface area (Å²) in [7, 11) is 3.15. The number of amides is 1. The number of benzene rings is 2. The van der Waals surface area contributed by atoms with Crippen molar-refractivity contribution in [1.29, 1.82) is 0 Å². The number of carbonyl (C=O) groups is 1. The standard InChI is InChI=1S/C22H23N3O3S/c1-15(17-7-5-4-6-8-17)13-21-24-25-22(29-21)23-20(26)12-10-16-9-11-18(27-2)19(14-16)28-3/h4-12,14-15H,13H2,1-3H3,(H,23,25,26)/b12-10+. The first-order chi connectivity index (χ1) is 14.1. The van der Waals surface area contributed by atoms with Gasteiger partial charge in [-0.05, 0) is 35.3 Å². The zero-order chi connectivity index (χ0) is 20.6. The predicted molar refractivity (Wildman–Crippen MR) is 116 cm³/mol. The highest BCUT2D eigenvalue weighted by molar-refractivity contribution is 7.15. The Balaban J connectivity index is 1.58. The summed E-state index contributed by atoms with van der Waals surface area (Å²) in [5, 5.41) is 12.4. The van der Waals surface area contributed by atoms with Crippen LogP contribution in [-0.4, -0.2) is 30.3 Å². The van der Waals surface area contributed by atoms with Crippen molar-refractivity contribution in [3.05, 3.63) is 70.7 Å². The van der Waals surface area contributed by atoms with Crippen LogP contribution in [0.3, 0.4) is 0 Å². The summed E-state index contributed by atoms with van der Waals surface area (Å²) in [6, 6.07) is 15.7. The lowest BCUT2D eigenvalue weighted by molar-refractivity contribution is -0.111. The average molecular weight is 410 g/mol. The van der Waals surface area contributed by atoms with E-state index in [2.05, 4.69) is 34.6 Å². The average Bonchev–Trinajstić information content (AvgIpc) is 3.19. The Labute approximate surface area is 174 Å². The Morgan fingerprint density at radius 1 is 1.10 bits per heavy atom. The van der Waals surface area contributed by atoms with E-state index in [0.717, 1.165) is 17.0 Å². The molecule has 0 aliphatic carbocycles. The number of rotatable bonds is 8. The molecule has 1 heterocycles. The highest BCUT2D eigenvalue weighted by Crippen LogP contribution is 2.28. The smallest absolute Gasteiger partial charge is 0.250 e. The van der Waals surface area contributed by atoms with Gasteiger partial charge in [0.05, 0.1) is 14.2 Å². The number of aromatic nitrogens is 2.